The minimum atomic E-state index is -4.64. The first-order chi connectivity index (χ1) is 18.7. The van der Waals surface area contributed by atoms with E-state index in [0.29, 0.717) is 51.0 Å². The fraction of sp³-hybridized carbons (Fsp3) is 0.179. The molecule has 0 saturated heterocycles. The highest BCUT2D eigenvalue weighted by molar-refractivity contribution is 7.90. The van der Waals surface area contributed by atoms with Gasteiger partial charge in [0.05, 0.1) is 10.6 Å². The van der Waals surface area contributed by atoms with Gasteiger partial charge in [0, 0.05) is 36.2 Å². The molecule has 2 aromatic carbocycles. The number of hydrogen-bond acceptors (Lipinski definition) is 6. The predicted molar refractivity (Wildman–Crippen MR) is 145 cm³/mol. The van der Waals surface area contributed by atoms with Crippen molar-refractivity contribution in [2.24, 2.45) is 0 Å². The highest BCUT2D eigenvalue weighted by Gasteiger charge is 2.35. The first kappa shape index (κ1) is 27.6. The van der Waals surface area contributed by atoms with Crippen molar-refractivity contribution < 1.29 is 26.0 Å². The molecule has 0 spiro atoms. The minimum Gasteiger partial charge on any atom is -0.440 e. The van der Waals surface area contributed by atoms with Gasteiger partial charge in [0.2, 0.25) is 0 Å². The number of aryl methyl sites for hydroxylation is 3. The standard InChI is InChI=1S/C28H22ClF3N4O3S/c1-15-10-20(13-25(29)33-15)27-26(35-17(3)39-27)22-12-19(18-6-5-7-21(11-18)40(4,37)38)8-9-23(22)36-14-24(28(30,31)32)34-16(36)2/h5-14H,1-4H3. The lowest BCUT2D eigenvalue weighted by atomic mass is 9.98. The van der Waals surface area contributed by atoms with E-state index in [1.807, 2.05) is 0 Å². The molecule has 0 radical (unpaired) electrons. The Hall–Kier alpha value is -3.96. The average molecular weight is 587 g/mol. The van der Waals surface area contributed by atoms with Crippen molar-refractivity contribution in [3.05, 3.63) is 89.1 Å². The lowest BCUT2D eigenvalue weighted by Crippen LogP contribution is -2.05. The van der Waals surface area contributed by atoms with Gasteiger partial charge in [0.25, 0.3) is 0 Å². The predicted octanol–water partition coefficient (Wildman–Crippen LogP) is 7.26. The van der Waals surface area contributed by atoms with Crippen molar-refractivity contribution in [3.8, 4) is 39.4 Å². The van der Waals surface area contributed by atoms with Crippen LogP contribution in [0.4, 0.5) is 13.2 Å². The summed E-state index contributed by atoms with van der Waals surface area (Å²) in [4.78, 5) is 12.6. The lowest BCUT2D eigenvalue weighted by Gasteiger charge is -2.14. The van der Waals surface area contributed by atoms with E-state index in [1.54, 1.807) is 62.4 Å². The molecule has 0 amide bonds. The number of halogens is 4. The number of hydrogen-bond donors (Lipinski definition) is 0. The van der Waals surface area contributed by atoms with Crippen LogP contribution in [0.2, 0.25) is 5.15 Å². The third kappa shape index (κ3) is 5.39. The molecule has 7 nitrogen and oxygen atoms in total. The maximum atomic E-state index is 13.5. The summed E-state index contributed by atoms with van der Waals surface area (Å²) < 4.78 is 72.3. The normalized spacial score (nSPS) is 12.2. The van der Waals surface area contributed by atoms with Crippen molar-refractivity contribution in [2.75, 3.05) is 6.26 Å². The molecule has 5 rings (SSSR count). The molecule has 0 bridgehead atoms. The number of nitrogens with zero attached hydrogens (tertiary/aromatic N) is 4. The first-order valence-corrected chi connectivity index (χ1v) is 14.2. The third-order valence-corrected chi connectivity index (χ3v) is 7.50. The molecule has 0 N–H and O–H groups in total. The monoisotopic (exact) mass is 586 g/mol. The zero-order valence-electron chi connectivity index (χ0n) is 21.7. The second-order valence-electron chi connectivity index (χ2n) is 9.30. The van der Waals surface area contributed by atoms with Gasteiger partial charge in [-0.2, -0.15) is 13.2 Å². The number of aromatic nitrogens is 4. The number of benzene rings is 2. The molecule has 5 aromatic rings. The topological polar surface area (TPSA) is 90.9 Å². The Balaban J connectivity index is 1.79. The van der Waals surface area contributed by atoms with Crippen molar-refractivity contribution in [1.82, 2.24) is 19.5 Å². The smallest absolute Gasteiger partial charge is 0.434 e. The molecular formula is C28H22ClF3N4O3S. The number of imidazole rings is 1. The number of pyridine rings is 1. The summed E-state index contributed by atoms with van der Waals surface area (Å²) in [7, 11) is -3.48. The van der Waals surface area contributed by atoms with Gasteiger partial charge in [0.15, 0.2) is 27.2 Å². The van der Waals surface area contributed by atoms with E-state index in [9.17, 15) is 21.6 Å². The number of sulfone groups is 1. The van der Waals surface area contributed by atoms with Gasteiger partial charge in [-0.1, -0.05) is 29.8 Å². The number of alkyl halides is 3. The van der Waals surface area contributed by atoms with Crippen molar-refractivity contribution in [3.63, 3.8) is 0 Å². The molecule has 40 heavy (non-hydrogen) atoms. The van der Waals surface area contributed by atoms with Gasteiger partial charge in [-0.3, -0.25) is 0 Å². The van der Waals surface area contributed by atoms with Crippen molar-refractivity contribution in [1.29, 1.82) is 0 Å². The van der Waals surface area contributed by atoms with Gasteiger partial charge < -0.3 is 8.98 Å². The van der Waals surface area contributed by atoms with Gasteiger partial charge in [0.1, 0.15) is 16.7 Å². The molecule has 0 aliphatic rings. The largest absolute Gasteiger partial charge is 0.440 e. The lowest BCUT2D eigenvalue weighted by molar-refractivity contribution is -0.141. The van der Waals surface area contributed by atoms with Crippen LogP contribution >= 0.6 is 11.6 Å². The van der Waals surface area contributed by atoms with E-state index in [-0.39, 0.29) is 15.9 Å². The zero-order chi connectivity index (χ0) is 29.0. The summed E-state index contributed by atoms with van der Waals surface area (Å²) in [5.74, 6) is 0.788. The van der Waals surface area contributed by atoms with Crippen LogP contribution < -0.4 is 0 Å². The van der Waals surface area contributed by atoms with E-state index in [0.717, 1.165) is 12.5 Å². The van der Waals surface area contributed by atoms with E-state index in [4.69, 9.17) is 16.0 Å². The average Bonchev–Trinajstić information content (AvgIpc) is 3.45. The van der Waals surface area contributed by atoms with Crippen LogP contribution in [0.25, 0.3) is 39.4 Å². The maximum Gasteiger partial charge on any atom is 0.434 e. The molecule has 12 heteroatoms. The van der Waals surface area contributed by atoms with Gasteiger partial charge in [-0.25, -0.2) is 23.4 Å². The fourth-order valence-electron chi connectivity index (χ4n) is 4.44. The van der Waals surface area contributed by atoms with Crippen molar-refractivity contribution in [2.45, 2.75) is 31.8 Å². The van der Waals surface area contributed by atoms with E-state index in [2.05, 4.69) is 15.0 Å². The van der Waals surface area contributed by atoms with Crippen LogP contribution in [0.5, 0.6) is 0 Å². The summed E-state index contributed by atoms with van der Waals surface area (Å²) >= 11 is 6.21. The Labute approximate surface area is 233 Å². The van der Waals surface area contributed by atoms with Crippen molar-refractivity contribution >= 4 is 21.4 Å². The molecule has 3 heterocycles. The van der Waals surface area contributed by atoms with Crippen LogP contribution in [-0.2, 0) is 16.0 Å². The molecular weight excluding hydrogens is 565 g/mol. The highest BCUT2D eigenvalue weighted by Crippen LogP contribution is 2.40. The quantitative estimate of drug-likeness (QED) is 0.201. The zero-order valence-corrected chi connectivity index (χ0v) is 23.3. The molecule has 0 aliphatic heterocycles. The Morgan fingerprint density at radius 3 is 2.27 bits per heavy atom. The molecule has 0 fully saturated rings. The molecule has 0 unspecified atom stereocenters. The molecule has 0 aliphatic carbocycles. The van der Waals surface area contributed by atoms with Gasteiger partial charge in [-0.15, -0.1) is 0 Å². The summed E-state index contributed by atoms with van der Waals surface area (Å²) in [6, 6.07) is 14.9. The molecule has 206 valence electrons. The second-order valence-corrected chi connectivity index (χ2v) is 11.7. The Morgan fingerprint density at radius 2 is 1.62 bits per heavy atom. The second kappa shape index (κ2) is 9.90. The summed E-state index contributed by atoms with van der Waals surface area (Å²) in [6.07, 6.45) is -2.59. The van der Waals surface area contributed by atoms with Crippen LogP contribution in [0, 0.1) is 20.8 Å². The Morgan fingerprint density at radius 1 is 0.900 bits per heavy atom. The summed E-state index contributed by atoms with van der Waals surface area (Å²) in [5.41, 5.74) is 2.57. The SMILES string of the molecule is Cc1cc(-c2oc(C)nc2-c2cc(-c3cccc(S(C)(=O)=O)c3)ccc2-n2cc(C(F)(F)F)nc2C)cc(Cl)n1. The third-order valence-electron chi connectivity index (χ3n) is 6.20. The van der Waals surface area contributed by atoms with Crippen LogP contribution in [0.3, 0.4) is 0 Å². The molecule has 0 saturated carbocycles. The number of rotatable bonds is 5. The van der Waals surface area contributed by atoms with E-state index >= 15 is 0 Å². The first-order valence-electron chi connectivity index (χ1n) is 11.9. The van der Waals surface area contributed by atoms with E-state index in [1.165, 1.54) is 17.6 Å². The fourth-order valence-corrected chi connectivity index (χ4v) is 5.36. The van der Waals surface area contributed by atoms with Crippen LogP contribution in [0.1, 0.15) is 23.1 Å². The van der Waals surface area contributed by atoms with Crippen LogP contribution in [0.15, 0.2) is 70.1 Å². The van der Waals surface area contributed by atoms with Crippen LogP contribution in [-0.4, -0.2) is 34.2 Å². The minimum absolute atomic E-state index is 0.116. The Bertz CT molecular complexity index is 1860. The Kier molecular flexibility index (Phi) is 6.83. The molecule has 0 atom stereocenters. The summed E-state index contributed by atoms with van der Waals surface area (Å²) in [5, 5.41) is 0.238. The summed E-state index contributed by atoms with van der Waals surface area (Å²) in [6.45, 7) is 4.90. The number of oxazole rings is 1. The van der Waals surface area contributed by atoms with Gasteiger partial charge >= 0.3 is 6.18 Å². The van der Waals surface area contributed by atoms with E-state index < -0.39 is 21.7 Å². The maximum absolute atomic E-state index is 13.5. The highest BCUT2D eigenvalue weighted by atomic mass is 35.5. The van der Waals surface area contributed by atoms with Gasteiger partial charge in [-0.05, 0) is 61.4 Å². The molecule has 3 aromatic heterocycles.